The molecule has 0 bridgehead atoms. The zero-order valence-corrected chi connectivity index (χ0v) is 40.4. The number of ether oxygens (including phenoxy) is 6. The first-order valence-electron chi connectivity index (χ1n) is 20.1. The maximum absolute atomic E-state index is 11.0. The Kier molecular flexibility index (Phi) is 37.8. The largest absolute Gasteiger partial charge is 1.00 e. The van der Waals surface area contributed by atoms with Gasteiger partial charge in [0, 0.05) is 26.4 Å². The number of phosphoric ester groups is 1. The van der Waals surface area contributed by atoms with Crippen molar-refractivity contribution in [2.75, 3.05) is 59.5 Å². The van der Waals surface area contributed by atoms with Crippen molar-refractivity contribution in [3.05, 3.63) is 0 Å². The Hall–Kier alpha value is 1.71. The van der Waals surface area contributed by atoms with Crippen LogP contribution in [0, 0.1) is 23.7 Å². The van der Waals surface area contributed by atoms with E-state index in [-0.39, 0.29) is 85.5 Å². The van der Waals surface area contributed by atoms with Crippen LogP contribution >= 0.6 is 7.82 Å². The van der Waals surface area contributed by atoms with E-state index in [9.17, 15) is 34.8 Å². The molecule has 1 saturated heterocycles. The van der Waals surface area contributed by atoms with E-state index in [1.807, 2.05) is 0 Å². The number of phosphoric acid groups is 1. The summed E-state index contributed by atoms with van der Waals surface area (Å²) in [6.45, 7) is 14.6. The number of hydrogen-bond donors (Lipinski definition) is 4. The van der Waals surface area contributed by atoms with Crippen LogP contribution in [0.25, 0.3) is 0 Å². The van der Waals surface area contributed by atoms with Crippen LogP contribution < -0.4 is 68.9 Å². The van der Waals surface area contributed by atoms with E-state index in [1.165, 1.54) is 19.3 Å². The molecule has 0 saturated carbocycles. The normalized spacial score (nSPS) is 21.6. The molecule has 0 aromatic rings. The Balaban J connectivity index is 0. The smallest absolute Gasteiger partial charge is 0.790 e. The number of rotatable bonds is 35. The number of unbranched alkanes of at least 4 members (excludes halogenated alkanes) is 3. The Morgan fingerprint density at radius 3 is 1.55 bits per heavy atom. The Morgan fingerprint density at radius 1 is 0.636 bits per heavy atom. The van der Waals surface area contributed by atoms with Gasteiger partial charge >= 0.3 is 59.1 Å². The van der Waals surface area contributed by atoms with E-state index in [0.29, 0.717) is 50.1 Å². The molecule has 1 rings (SSSR count). The van der Waals surface area contributed by atoms with Gasteiger partial charge in [-0.15, -0.1) is 0 Å². The quantitative estimate of drug-likeness (QED) is 0.0302. The van der Waals surface area contributed by atoms with Crippen molar-refractivity contribution < 1.29 is 127 Å². The average molecular weight is 833 g/mol. The van der Waals surface area contributed by atoms with Gasteiger partial charge in [-0.05, 0) is 49.4 Å². The van der Waals surface area contributed by atoms with E-state index in [0.717, 1.165) is 57.8 Å². The predicted molar refractivity (Wildman–Crippen MR) is 198 cm³/mol. The first-order valence-corrected chi connectivity index (χ1v) is 21.6. The Bertz CT molecular complexity index is 921. The minimum Gasteiger partial charge on any atom is -0.790 e. The minimum absolute atomic E-state index is 0. The monoisotopic (exact) mass is 832 g/mol. The molecule has 0 aliphatic carbocycles. The van der Waals surface area contributed by atoms with Crippen molar-refractivity contribution in [2.24, 2.45) is 23.7 Å². The molecule has 1 aliphatic rings. The molecular formula is C38H75Na2O14P. The molecule has 1 aliphatic heterocycles. The van der Waals surface area contributed by atoms with Crippen LogP contribution in [-0.2, 0) is 37.5 Å². The van der Waals surface area contributed by atoms with Crippen molar-refractivity contribution in [1.29, 1.82) is 0 Å². The number of aliphatic hydroxyl groups excluding tert-OH is 4. The molecular weight excluding hydrogens is 757 g/mol. The summed E-state index contributed by atoms with van der Waals surface area (Å²) >= 11 is 0. The van der Waals surface area contributed by atoms with Crippen LogP contribution in [-0.4, -0.2) is 123 Å². The van der Waals surface area contributed by atoms with Crippen molar-refractivity contribution >= 4 is 7.82 Å². The van der Waals surface area contributed by atoms with E-state index >= 15 is 0 Å². The molecule has 14 nitrogen and oxygen atoms in total. The SMILES string of the molecule is CC(C)CCC[C@@H](C)CCO[C@@H](COCCCCCCOC[C@@H](COP(=O)([O-])[O-])OCC[C@H](C)CCCC(C)C)CO[C@@H]1O[C@@H]([C@H](O)CO)[C@H](O)[C@H]1O.[Na+].[Na+]. The fraction of sp³-hybridized carbons (Fsp3) is 1.00. The maximum Gasteiger partial charge on any atom is 1.00 e. The van der Waals surface area contributed by atoms with Gasteiger partial charge in [0.15, 0.2) is 6.29 Å². The molecule has 55 heavy (non-hydrogen) atoms. The number of aliphatic hydroxyl groups is 4. The second-order valence-corrected chi connectivity index (χ2v) is 16.9. The van der Waals surface area contributed by atoms with E-state index in [1.54, 1.807) is 0 Å². The molecule has 318 valence electrons. The van der Waals surface area contributed by atoms with Crippen molar-refractivity contribution in [2.45, 2.75) is 162 Å². The third-order valence-corrected chi connectivity index (χ3v) is 9.97. The summed E-state index contributed by atoms with van der Waals surface area (Å²) in [5.41, 5.74) is 0. The standard InChI is InChI=1S/C38H77O14P.2Na/c1-28(2)13-11-15-30(5)17-21-48-32(26-50-38-36(42)35(41)37(52-38)34(40)23-39)24-46-19-9-7-8-10-20-47-25-33(27-51-53(43,44)45)49-22-18-31(6)16-12-14-29(3)4;;/h28-42H,7-27H2,1-6H3,(H2,43,44,45);;/q;2*+1/p-2/t30-,31-,32+,33+,34-,35-,36-,37+,38-;;/m1../s1. The van der Waals surface area contributed by atoms with Gasteiger partial charge in [-0.2, -0.15) is 0 Å². The Morgan fingerprint density at radius 2 is 1.11 bits per heavy atom. The summed E-state index contributed by atoms with van der Waals surface area (Å²) in [7, 11) is -5.11. The summed E-state index contributed by atoms with van der Waals surface area (Å²) in [5.74, 6) is 2.35. The first-order chi connectivity index (χ1) is 25.1. The predicted octanol–water partition coefficient (Wildman–Crippen LogP) is -2.27. The third kappa shape index (κ3) is 31.3. The van der Waals surface area contributed by atoms with E-state index < -0.39 is 57.3 Å². The zero-order valence-electron chi connectivity index (χ0n) is 35.5. The molecule has 9 atom stereocenters. The maximum atomic E-state index is 11.0. The molecule has 0 spiro atoms. The van der Waals surface area contributed by atoms with Crippen molar-refractivity contribution in [3.8, 4) is 0 Å². The second kappa shape index (κ2) is 35.3. The van der Waals surface area contributed by atoms with Crippen LogP contribution in [0.15, 0.2) is 0 Å². The zero-order chi connectivity index (χ0) is 39.6. The Labute approximate surface area is 376 Å². The third-order valence-electron chi connectivity index (χ3n) is 9.51. The summed E-state index contributed by atoms with van der Waals surface area (Å²) in [5, 5.41) is 39.7. The van der Waals surface area contributed by atoms with Crippen LogP contribution in [0.1, 0.15) is 119 Å². The van der Waals surface area contributed by atoms with Gasteiger partial charge in [0.05, 0.1) is 40.9 Å². The topological polar surface area (TPSA) is 209 Å². The molecule has 17 heteroatoms. The summed E-state index contributed by atoms with van der Waals surface area (Å²) in [6.07, 6.45) is 4.53. The van der Waals surface area contributed by atoms with Gasteiger partial charge in [0.2, 0.25) is 0 Å². The molecule has 1 heterocycles. The van der Waals surface area contributed by atoms with Gasteiger partial charge in [0.1, 0.15) is 36.6 Å². The fourth-order valence-electron chi connectivity index (χ4n) is 6.00. The van der Waals surface area contributed by atoms with Gasteiger partial charge in [-0.25, -0.2) is 0 Å². The molecule has 0 radical (unpaired) electrons. The second-order valence-electron chi connectivity index (χ2n) is 15.8. The summed E-state index contributed by atoms with van der Waals surface area (Å²) in [6, 6.07) is 0. The summed E-state index contributed by atoms with van der Waals surface area (Å²) < 4.78 is 50.3. The van der Waals surface area contributed by atoms with Gasteiger partial charge in [-0.3, -0.25) is 0 Å². The van der Waals surface area contributed by atoms with Gasteiger partial charge in [0.25, 0.3) is 0 Å². The van der Waals surface area contributed by atoms with Crippen molar-refractivity contribution in [3.63, 3.8) is 0 Å². The van der Waals surface area contributed by atoms with Crippen LogP contribution in [0.3, 0.4) is 0 Å². The molecule has 0 aromatic heterocycles. The van der Waals surface area contributed by atoms with Gasteiger partial charge < -0.3 is 67.7 Å². The number of hydrogen-bond acceptors (Lipinski definition) is 14. The van der Waals surface area contributed by atoms with Gasteiger partial charge in [-0.1, -0.05) is 92.9 Å². The first kappa shape index (κ1) is 58.8. The van der Waals surface area contributed by atoms with Crippen LogP contribution in [0.5, 0.6) is 0 Å². The molecule has 0 unspecified atom stereocenters. The molecule has 0 aromatic carbocycles. The molecule has 1 fully saturated rings. The van der Waals surface area contributed by atoms with Crippen LogP contribution in [0.2, 0.25) is 0 Å². The summed E-state index contributed by atoms with van der Waals surface area (Å²) in [4.78, 5) is 22.0. The van der Waals surface area contributed by atoms with E-state index in [2.05, 4.69) is 46.1 Å². The molecule has 4 N–H and O–H groups in total. The minimum atomic E-state index is -5.11. The van der Waals surface area contributed by atoms with E-state index in [4.69, 9.17) is 28.4 Å². The fourth-order valence-corrected chi connectivity index (χ4v) is 6.35. The van der Waals surface area contributed by atoms with Crippen LogP contribution in [0.4, 0.5) is 0 Å². The average Bonchev–Trinajstić information content (AvgIpc) is 3.37. The van der Waals surface area contributed by atoms with Crippen molar-refractivity contribution in [1.82, 2.24) is 0 Å². The molecule has 0 amide bonds.